The SMILES string of the molecule is O=C(Cn1cnc2c(oc3ccccc32)c1=O)OCc1cc(Cl)c2c(c1)OCCO2. The molecule has 0 unspecified atom stereocenters. The van der Waals surface area contributed by atoms with Crippen LogP contribution in [0.15, 0.2) is 51.9 Å². The second kappa shape index (κ2) is 7.38. The van der Waals surface area contributed by atoms with Gasteiger partial charge in [-0.2, -0.15) is 0 Å². The first-order valence-electron chi connectivity index (χ1n) is 9.20. The highest BCUT2D eigenvalue weighted by molar-refractivity contribution is 6.32. The summed E-state index contributed by atoms with van der Waals surface area (Å²) in [5.41, 5.74) is 1.33. The summed E-state index contributed by atoms with van der Waals surface area (Å²) in [6.45, 7) is 0.535. The number of para-hydroxylation sites is 1. The average Bonchev–Trinajstić information content (AvgIpc) is 3.14. The molecule has 0 radical (unpaired) electrons. The van der Waals surface area contributed by atoms with E-state index in [9.17, 15) is 9.59 Å². The first kappa shape index (κ1) is 18.5. The standard InChI is InChI=1S/C21H15ClN2O6/c22-14-7-12(8-16-19(14)28-6-5-27-16)10-29-17(25)9-24-11-23-18-13-3-1-2-4-15(13)30-20(18)21(24)26/h1-4,7-8,11H,5-6,9-10H2. The third-order valence-corrected chi connectivity index (χ3v) is 4.99. The fourth-order valence-electron chi connectivity index (χ4n) is 3.32. The number of hydrogen-bond acceptors (Lipinski definition) is 7. The number of furan rings is 1. The zero-order valence-corrected chi connectivity index (χ0v) is 16.3. The Morgan fingerprint density at radius 3 is 2.93 bits per heavy atom. The molecule has 0 saturated carbocycles. The molecule has 0 spiro atoms. The summed E-state index contributed by atoms with van der Waals surface area (Å²) >= 11 is 6.19. The summed E-state index contributed by atoms with van der Waals surface area (Å²) in [7, 11) is 0. The van der Waals surface area contributed by atoms with Gasteiger partial charge in [0.05, 0.1) is 11.3 Å². The van der Waals surface area contributed by atoms with E-state index in [0.717, 1.165) is 9.95 Å². The molecule has 9 heteroatoms. The zero-order valence-electron chi connectivity index (χ0n) is 15.6. The van der Waals surface area contributed by atoms with Crippen molar-refractivity contribution in [1.82, 2.24) is 9.55 Å². The minimum atomic E-state index is -0.597. The molecule has 0 atom stereocenters. The Hall–Kier alpha value is -3.52. The number of rotatable bonds is 4. The molecule has 2 aromatic carbocycles. The van der Waals surface area contributed by atoms with Gasteiger partial charge in [0.2, 0.25) is 5.58 Å². The third kappa shape index (κ3) is 3.25. The van der Waals surface area contributed by atoms with Crippen LogP contribution in [-0.2, 0) is 22.7 Å². The van der Waals surface area contributed by atoms with Crippen molar-refractivity contribution in [3.8, 4) is 11.5 Å². The highest BCUT2D eigenvalue weighted by Gasteiger charge is 2.18. The fraction of sp³-hybridized carbons (Fsp3) is 0.190. The predicted molar refractivity (Wildman–Crippen MR) is 108 cm³/mol. The van der Waals surface area contributed by atoms with Gasteiger partial charge in [-0.15, -0.1) is 0 Å². The van der Waals surface area contributed by atoms with Gasteiger partial charge in [-0.25, -0.2) is 4.98 Å². The highest BCUT2D eigenvalue weighted by Crippen LogP contribution is 2.38. The Labute approximate surface area is 174 Å². The van der Waals surface area contributed by atoms with Gasteiger partial charge in [-0.3, -0.25) is 14.2 Å². The van der Waals surface area contributed by atoms with Gasteiger partial charge in [0.1, 0.15) is 37.5 Å². The molecule has 5 rings (SSSR count). The van der Waals surface area contributed by atoms with Gasteiger partial charge in [0.25, 0.3) is 5.56 Å². The smallest absolute Gasteiger partial charge is 0.326 e. The maximum Gasteiger partial charge on any atom is 0.326 e. The molecule has 0 N–H and O–H groups in total. The van der Waals surface area contributed by atoms with Gasteiger partial charge in [-0.1, -0.05) is 23.7 Å². The van der Waals surface area contributed by atoms with Crippen LogP contribution in [0.1, 0.15) is 5.56 Å². The minimum absolute atomic E-state index is 0.0236. The number of fused-ring (bicyclic) bond motifs is 4. The number of ether oxygens (including phenoxy) is 3. The summed E-state index contributed by atoms with van der Waals surface area (Å²) in [4.78, 5) is 29.3. The van der Waals surface area contributed by atoms with Gasteiger partial charge < -0.3 is 18.6 Å². The number of benzene rings is 2. The first-order valence-corrected chi connectivity index (χ1v) is 9.58. The third-order valence-electron chi connectivity index (χ3n) is 4.71. The number of aromatic nitrogens is 2. The van der Waals surface area contributed by atoms with E-state index in [1.807, 2.05) is 18.2 Å². The molecule has 0 saturated heterocycles. The van der Waals surface area contributed by atoms with Crippen LogP contribution in [0.3, 0.4) is 0 Å². The van der Waals surface area contributed by atoms with Crippen LogP contribution in [0.2, 0.25) is 5.02 Å². The van der Waals surface area contributed by atoms with Crippen LogP contribution >= 0.6 is 11.6 Å². The van der Waals surface area contributed by atoms with Crippen molar-refractivity contribution in [2.24, 2.45) is 0 Å². The Morgan fingerprint density at radius 1 is 1.20 bits per heavy atom. The molecule has 1 aliphatic heterocycles. The van der Waals surface area contributed by atoms with Crippen molar-refractivity contribution in [2.45, 2.75) is 13.2 Å². The number of esters is 1. The van der Waals surface area contributed by atoms with E-state index in [1.165, 1.54) is 6.33 Å². The van der Waals surface area contributed by atoms with E-state index < -0.39 is 11.5 Å². The summed E-state index contributed by atoms with van der Waals surface area (Å²) < 4.78 is 23.0. The fourth-order valence-corrected chi connectivity index (χ4v) is 3.61. The summed E-state index contributed by atoms with van der Waals surface area (Å²) in [5, 5.41) is 1.13. The van der Waals surface area contributed by atoms with E-state index in [4.69, 9.17) is 30.2 Å². The molecule has 152 valence electrons. The molecule has 8 nitrogen and oxygen atoms in total. The lowest BCUT2D eigenvalue weighted by molar-refractivity contribution is -0.145. The predicted octanol–water partition coefficient (Wildman–Crippen LogP) is 3.31. The molecule has 1 aliphatic rings. The maximum absolute atomic E-state index is 12.7. The van der Waals surface area contributed by atoms with Crippen LogP contribution in [0.5, 0.6) is 11.5 Å². The van der Waals surface area contributed by atoms with Crippen LogP contribution in [-0.4, -0.2) is 28.7 Å². The number of nitrogens with zero attached hydrogens (tertiary/aromatic N) is 2. The Bertz CT molecular complexity index is 1340. The van der Waals surface area contributed by atoms with E-state index >= 15 is 0 Å². The maximum atomic E-state index is 12.7. The Kier molecular flexibility index (Phi) is 4.55. The van der Waals surface area contributed by atoms with Crippen molar-refractivity contribution in [2.75, 3.05) is 13.2 Å². The van der Waals surface area contributed by atoms with E-state index in [2.05, 4.69) is 4.98 Å². The van der Waals surface area contributed by atoms with E-state index in [1.54, 1.807) is 18.2 Å². The lowest BCUT2D eigenvalue weighted by atomic mass is 10.2. The molecule has 0 bridgehead atoms. The molecule has 0 aliphatic carbocycles. The minimum Gasteiger partial charge on any atom is -0.486 e. The molecule has 3 heterocycles. The highest BCUT2D eigenvalue weighted by atomic mass is 35.5. The van der Waals surface area contributed by atoms with Crippen molar-refractivity contribution < 1.29 is 23.4 Å². The average molecular weight is 427 g/mol. The van der Waals surface area contributed by atoms with Crippen molar-refractivity contribution >= 4 is 39.6 Å². The van der Waals surface area contributed by atoms with E-state index in [-0.39, 0.29) is 18.7 Å². The molecular formula is C21H15ClN2O6. The quantitative estimate of drug-likeness (QED) is 0.462. The van der Waals surface area contributed by atoms with Crippen LogP contribution < -0.4 is 15.0 Å². The number of carbonyl (C=O) groups is 1. The van der Waals surface area contributed by atoms with Crippen molar-refractivity contribution in [3.05, 3.63) is 63.7 Å². The summed E-state index contributed by atoms with van der Waals surface area (Å²) in [6.07, 6.45) is 1.31. The Balaban J connectivity index is 1.33. The second-order valence-corrected chi connectivity index (χ2v) is 7.12. The van der Waals surface area contributed by atoms with Crippen molar-refractivity contribution in [1.29, 1.82) is 0 Å². The molecular weight excluding hydrogens is 412 g/mol. The summed E-state index contributed by atoms with van der Waals surface area (Å²) in [5.74, 6) is 0.394. The number of hydrogen-bond donors (Lipinski definition) is 0. The van der Waals surface area contributed by atoms with Gasteiger partial charge >= 0.3 is 5.97 Å². The molecule has 0 fully saturated rings. The first-order chi connectivity index (χ1) is 14.6. The number of carbonyl (C=O) groups excluding carboxylic acids is 1. The second-order valence-electron chi connectivity index (χ2n) is 6.72. The van der Waals surface area contributed by atoms with Crippen LogP contribution in [0, 0.1) is 0 Å². The Morgan fingerprint density at radius 2 is 2.03 bits per heavy atom. The monoisotopic (exact) mass is 426 g/mol. The van der Waals surface area contributed by atoms with Gasteiger partial charge in [-0.05, 0) is 29.8 Å². The molecule has 30 heavy (non-hydrogen) atoms. The zero-order chi connectivity index (χ0) is 20.7. The van der Waals surface area contributed by atoms with Crippen LogP contribution in [0.25, 0.3) is 22.1 Å². The lowest BCUT2D eigenvalue weighted by Gasteiger charge is -2.20. The largest absolute Gasteiger partial charge is 0.486 e. The van der Waals surface area contributed by atoms with Crippen LogP contribution in [0.4, 0.5) is 0 Å². The van der Waals surface area contributed by atoms with E-state index in [0.29, 0.717) is 46.4 Å². The van der Waals surface area contributed by atoms with Crippen molar-refractivity contribution in [3.63, 3.8) is 0 Å². The topological polar surface area (TPSA) is 92.8 Å². The molecule has 4 aromatic rings. The molecule has 0 amide bonds. The summed E-state index contributed by atoms with van der Waals surface area (Å²) in [6, 6.07) is 10.6. The lowest BCUT2D eigenvalue weighted by Crippen LogP contribution is -2.25. The normalized spacial score (nSPS) is 13.0. The number of halogens is 1. The molecule has 2 aromatic heterocycles. The van der Waals surface area contributed by atoms with Gasteiger partial charge in [0, 0.05) is 5.39 Å². The van der Waals surface area contributed by atoms with Gasteiger partial charge in [0.15, 0.2) is 11.5 Å².